The molecule has 1 aliphatic rings. The molecule has 7 heteroatoms. The molecule has 0 aliphatic carbocycles. The molecule has 128 valence electrons. The summed E-state index contributed by atoms with van der Waals surface area (Å²) in [6.45, 7) is 2.18. The van der Waals surface area contributed by atoms with Crippen LogP contribution in [0.15, 0.2) is 36.7 Å². The van der Waals surface area contributed by atoms with Gasteiger partial charge in [-0.25, -0.2) is 9.48 Å². The number of carbonyl (C=O) groups excluding carboxylic acids is 1. The average Bonchev–Trinajstić information content (AvgIpc) is 3.10. The fourth-order valence-electron chi connectivity index (χ4n) is 3.01. The molecule has 1 fully saturated rings. The van der Waals surface area contributed by atoms with Crippen LogP contribution in [-0.2, 0) is 4.74 Å². The Balaban J connectivity index is 1.65. The first-order chi connectivity index (χ1) is 11.7. The van der Waals surface area contributed by atoms with Crippen molar-refractivity contribution in [1.29, 1.82) is 0 Å². The molecule has 0 unspecified atom stereocenters. The Morgan fingerprint density at radius 1 is 1.50 bits per heavy atom. The first kappa shape index (κ1) is 16.8. The van der Waals surface area contributed by atoms with E-state index >= 15 is 0 Å². The standard InChI is InChI=1S/C17H21ClN4O2/c1-24-12-13-4-2-8-21(11-13)17(23)20-14-5-6-16(15(18)10-14)22-9-3-7-19-22/h3,5-7,9-10,13H,2,4,8,11-12H2,1H3,(H,20,23)/t13-/m1/s1. The van der Waals surface area contributed by atoms with E-state index in [1.165, 1.54) is 0 Å². The second kappa shape index (κ2) is 7.68. The normalized spacial score (nSPS) is 17.8. The summed E-state index contributed by atoms with van der Waals surface area (Å²) < 4.78 is 6.90. The Labute approximate surface area is 146 Å². The van der Waals surface area contributed by atoms with Gasteiger partial charge < -0.3 is 15.0 Å². The maximum absolute atomic E-state index is 12.5. The summed E-state index contributed by atoms with van der Waals surface area (Å²) in [7, 11) is 1.70. The molecule has 2 amide bonds. The van der Waals surface area contributed by atoms with Gasteiger partial charge >= 0.3 is 6.03 Å². The van der Waals surface area contributed by atoms with Crippen molar-refractivity contribution in [2.24, 2.45) is 5.92 Å². The number of aromatic nitrogens is 2. The lowest BCUT2D eigenvalue weighted by Gasteiger charge is -2.32. The number of nitrogens with one attached hydrogen (secondary N) is 1. The van der Waals surface area contributed by atoms with Crippen LogP contribution in [0.5, 0.6) is 0 Å². The van der Waals surface area contributed by atoms with Crippen molar-refractivity contribution in [3.05, 3.63) is 41.7 Å². The maximum atomic E-state index is 12.5. The number of methoxy groups -OCH3 is 1. The summed E-state index contributed by atoms with van der Waals surface area (Å²) in [6, 6.07) is 7.15. The van der Waals surface area contributed by atoms with E-state index < -0.39 is 0 Å². The van der Waals surface area contributed by atoms with E-state index in [4.69, 9.17) is 16.3 Å². The minimum atomic E-state index is -0.0984. The van der Waals surface area contributed by atoms with Gasteiger partial charge in [-0.15, -0.1) is 0 Å². The minimum absolute atomic E-state index is 0.0984. The fourth-order valence-corrected chi connectivity index (χ4v) is 3.27. The summed E-state index contributed by atoms with van der Waals surface area (Å²) >= 11 is 6.31. The topological polar surface area (TPSA) is 59.4 Å². The quantitative estimate of drug-likeness (QED) is 0.921. The third kappa shape index (κ3) is 3.88. The Morgan fingerprint density at radius 2 is 2.38 bits per heavy atom. The minimum Gasteiger partial charge on any atom is -0.384 e. The number of piperidine rings is 1. The van der Waals surface area contributed by atoms with Gasteiger partial charge in [0.1, 0.15) is 0 Å². The van der Waals surface area contributed by atoms with E-state index in [-0.39, 0.29) is 6.03 Å². The monoisotopic (exact) mass is 348 g/mol. The van der Waals surface area contributed by atoms with Gasteiger partial charge in [0.2, 0.25) is 0 Å². The average molecular weight is 349 g/mol. The Hall–Kier alpha value is -2.05. The number of halogens is 1. The van der Waals surface area contributed by atoms with Crippen molar-refractivity contribution in [2.75, 3.05) is 32.1 Å². The molecule has 1 saturated heterocycles. The molecule has 1 aliphatic heterocycles. The lowest BCUT2D eigenvalue weighted by atomic mass is 9.99. The molecule has 0 radical (unpaired) electrons. The van der Waals surface area contributed by atoms with Gasteiger partial charge in [0.05, 0.1) is 17.3 Å². The molecule has 0 bridgehead atoms. The Bertz CT molecular complexity index is 688. The van der Waals surface area contributed by atoms with E-state index in [0.717, 1.165) is 31.6 Å². The zero-order chi connectivity index (χ0) is 16.9. The van der Waals surface area contributed by atoms with Crippen LogP contribution >= 0.6 is 11.6 Å². The van der Waals surface area contributed by atoms with Crippen molar-refractivity contribution in [1.82, 2.24) is 14.7 Å². The number of ether oxygens (including phenoxy) is 1. The van der Waals surface area contributed by atoms with Gasteiger partial charge in [-0.2, -0.15) is 5.10 Å². The van der Waals surface area contributed by atoms with E-state index in [9.17, 15) is 4.79 Å². The number of nitrogens with zero attached hydrogens (tertiary/aromatic N) is 3. The summed E-state index contributed by atoms with van der Waals surface area (Å²) in [5.41, 5.74) is 1.45. The third-order valence-corrected chi connectivity index (χ3v) is 4.46. The predicted octanol–water partition coefficient (Wildman–Crippen LogP) is 3.42. The first-order valence-electron chi connectivity index (χ1n) is 8.02. The van der Waals surface area contributed by atoms with E-state index in [1.807, 2.05) is 29.3 Å². The summed E-state index contributed by atoms with van der Waals surface area (Å²) in [5, 5.41) is 7.62. The number of carbonyl (C=O) groups is 1. The van der Waals surface area contributed by atoms with Gasteiger partial charge in [0.15, 0.2) is 0 Å². The highest BCUT2D eigenvalue weighted by Gasteiger charge is 2.23. The van der Waals surface area contributed by atoms with Crippen LogP contribution in [0.3, 0.4) is 0 Å². The molecule has 2 aromatic rings. The second-order valence-electron chi connectivity index (χ2n) is 5.96. The largest absolute Gasteiger partial charge is 0.384 e. The number of hydrogen-bond acceptors (Lipinski definition) is 3. The lowest BCUT2D eigenvalue weighted by Crippen LogP contribution is -2.43. The zero-order valence-corrected chi connectivity index (χ0v) is 14.4. The molecule has 1 atom stereocenters. The molecule has 0 spiro atoms. The maximum Gasteiger partial charge on any atom is 0.321 e. The van der Waals surface area contributed by atoms with E-state index in [2.05, 4.69) is 10.4 Å². The van der Waals surface area contributed by atoms with E-state index in [1.54, 1.807) is 24.1 Å². The SMILES string of the molecule is COC[C@@H]1CCCN(C(=O)Nc2ccc(-n3cccn3)c(Cl)c2)C1. The Morgan fingerprint density at radius 3 is 3.08 bits per heavy atom. The van der Waals surface area contributed by atoms with Gasteiger partial charge in [-0.1, -0.05) is 11.6 Å². The van der Waals surface area contributed by atoms with Crippen molar-refractivity contribution in [2.45, 2.75) is 12.8 Å². The zero-order valence-electron chi connectivity index (χ0n) is 13.6. The molecule has 1 aromatic heterocycles. The molecule has 24 heavy (non-hydrogen) atoms. The van der Waals surface area contributed by atoms with Gasteiger partial charge in [-0.3, -0.25) is 0 Å². The Kier molecular flexibility index (Phi) is 5.37. The number of urea groups is 1. The molecule has 6 nitrogen and oxygen atoms in total. The van der Waals surface area contributed by atoms with Crippen molar-refractivity contribution >= 4 is 23.3 Å². The van der Waals surface area contributed by atoms with Crippen LogP contribution in [0.4, 0.5) is 10.5 Å². The van der Waals surface area contributed by atoms with Crippen LogP contribution in [0.1, 0.15) is 12.8 Å². The third-order valence-electron chi connectivity index (χ3n) is 4.16. The van der Waals surface area contributed by atoms with Crippen LogP contribution in [0.2, 0.25) is 5.02 Å². The summed E-state index contributed by atoms with van der Waals surface area (Å²) in [4.78, 5) is 14.3. The van der Waals surface area contributed by atoms with Crippen LogP contribution in [-0.4, -0.2) is 47.5 Å². The van der Waals surface area contributed by atoms with Crippen LogP contribution < -0.4 is 5.32 Å². The highest BCUT2D eigenvalue weighted by molar-refractivity contribution is 6.32. The van der Waals surface area contributed by atoms with Gasteiger partial charge in [0, 0.05) is 44.2 Å². The summed E-state index contributed by atoms with van der Waals surface area (Å²) in [6.07, 6.45) is 5.62. The van der Waals surface area contributed by atoms with Crippen LogP contribution in [0.25, 0.3) is 5.69 Å². The highest BCUT2D eigenvalue weighted by Crippen LogP contribution is 2.24. The lowest BCUT2D eigenvalue weighted by molar-refractivity contribution is 0.104. The molecule has 2 heterocycles. The van der Waals surface area contributed by atoms with Crippen molar-refractivity contribution in [3.8, 4) is 5.69 Å². The number of rotatable bonds is 4. The number of amides is 2. The second-order valence-corrected chi connectivity index (χ2v) is 6.36. The number of hydrogen-bond donors (Lipinski definition) is 1. The van der Waals surface area contributed by atoms with Crippen molar-refractivity contribution < 1.29 is 9.53 Å². The molecular weight excluding hydrogens is 328 g/mol. The number of likely N-dealkylation sites (tertiary alicyclic amines) is 1. The van der Waals surface area contributed by atoms with E-state index in [0.29, 0.717) is 23.2 Å². The summed E-state index contributed by atoms with van der Waals surface area (Å²) in [5.74, 6) is 0.403. The highest BCUT2D eigenvalue weighted by atomic mass is 35.5. The predicted molar refractivity (Wildman–Crippen MR) is 93.8 cm³/mol. The van der Waals surface area contributed by atoms with Crippen molar-refractivity contribution in [3.63, 3.8) is 0 Å². The smallest absolute Gasteiger partial charge is 0.321 e. The molecule has 1 N–H and O–H groups in total. The molecule has 1 aromatic carbocycles. The van der Waals surface area contributed by atoms with Gasteiger partial charge in [0.25, 0.3) is 0 Å². The molecule has 3 rings (SSSR count). The fraction of sp³-hybridized carbons (Fsp3) is 0.412. The number of anilines is 1. The van der Waals surface area contributed by atoms with Gasteiger partial charge in [-0.05, 0) is 37.1 Å². The first-order valence-corrected chi connectivity index (χ1v) is 8.39. The molecular formula is C17H21ClN4O2. The van der Waals surface area contributed by atoms with Crippen LogP contribution in [0, 0.1) is 5.92 Å². The number of benzene rings is 1. The molecule has 0 saturated carbocycles.